The van der Waals surface area contributed by atoms with E-state index in [0.29, 0.717) is 11.4 Å². The van der Waals surface area contributed by atoms with Gasteiger partial charge in [0.25, 0.3) is 0 Å². The molecule has 1 aromatic rings. The zero-order valence-corrected chi connectivity index (χ0v) is 15.5. The first-order valence-electron chi connectivity index (χ1n) is 8.74. The van der Waals surface area contributed by atoms with Crippen LogP contribution in [0.4, 0.5) is 0 Å². The predicted octanol–water partition coefficient (Wildman–Crippen LogP) is 0.972. The summed E-state index contributed by atoms with van der Waals surface area (Å²) in [5.74, 6) is 0. The van der Waals surface area contributed by atoms with Crippen LogP contribution < -0.4 is 21.1 Å². The van der Waals surface area contributed by atoms with Crippen molar-refractivity contribution >= 4 is 10.0 Å². The molecule has 0 atom stereocenters. The van der Waals surface area contributed by atoms with E-state index in [1.807, 2.05) is 6.92 Å². The molecule has 0 radical (unpaired) electrons. The van der Waals surface area contributed by atoms with Gasteiger partial charge >= 0.3 is 0 Å². The van der Waals surface area contributed by atoms with Gasteiger partial charge in [0.15, 0.2) is 0 Å². The molecule has 138 valence electrons. The van der Waals surface area contributed by atoms with Crippen LogP contribution >= 0.6 is 0 Å². The van der Waals surface area contributed by atoms with Crippen molar-refractivity contribution in [2.75, 3.05) is 39.3 Å². The highest BCUT2D eigenvalue weighted by molar-refractivity contribution is 7.89. The Morgan fingerprint density at radius 1 is 0.833 bits per heavy atom. The summed E-state index contributed by atoms with van der Waals surface area (Å²) < 4.78 is 26.8. The molecule has 0 bridgehead atoms. The number of unbranched alkanes of at least 4 members (excludes halogenated alkanes) is 1. The van der Waals surface area contributed by atoms with Crippen LogP contribution in [-0.2, 0) is 10.0 Å². The van der Waals surface area contributed by atoms with Crippen molar-refractivity contribution in [1.29, 1.82) is 0 Å². The summed E-state index contributed by atoms with van der Waals surface area (Å²) in [7, 11) is -3.38. The second-order valence-corrected chi connectivity index (χ2v) is 7.68. The number of aryl methyl sites for hydroxylation is 1. The van der Waals surface area contributed by atoms with E-state index in [9.17, 15) is 8.42 Å². The number of benzene rings is 1. The lowest BCUT2D eigenvalue weighted by molar-refractivity contribution is 0.558. The lowest BCUT2D eigenvalue weighted by Crippen LogP contribution is -2.28. The maximum Gasteiger partial charge on any atom is 0.240 e. The summed E-state index contributed by atoms with van der Waals surface area (Å²) in [6.45, 7) is 6.92. The third-order valence-electron chi connectivity index (χ3n) is 3.67. The second-order valence-electron chi connectivity index (χ2n) is 5.91. The second kappa shape index (κ2) is 12.4. The van der Waals surface area contributed by atoms with Crippen LogP contribution in [0.25, 0.3) is 0 Å². The molecule has 24 heavy (non-hydrogen) atoms. The van der Waals surface area contributed by atoms with Gasteiger partial charge in [-0.05, 0) is 77.5 Å². The zero-order chi connectivity index (χ0) is 17.7. The van der Waals surface area contributed by atoms with Gasteiger partial charge in [0.1, 0.15) is 0 Å². The molecule has 0 aliphatic heterocycles. The van der Waals surface area contributed by atoms with Crippen LogP contribution in [0.1, 0.15) is 31.2 Å². The number of hydrogen-bond acceptors (Lipinski definition) is 5. The van der Waals surface area contributed by atoms with E-state index in [0.717, 1.165) is 64.0 Å². The summed E-state index contributed by atoms with van der Waals surface area (Å²) in [5, 5.41) is 6.69. The molecule has 0 aliphatic rings. The lowest BCUT2D eigenvalue weighted by Gasteiger charge is -2.08. The Morgan fingerprint density at radius 3 is 1.96 bits per heavy atom. The Bertz CT molecular complexity index is 532. The average Bonchev–Trinajstić information content (AvgIpc) is 2.56. The van der Waals surface area contributed by atoms with Gasteiger partial charge in [-0.15, -0.1) is 0 Å². The average molecular weight is 357 g/mol. The van der Waals surface area contributed by atoms with Gasteiger partial charge in [-0.2, -0.15) is 0 Å². The molecule has 1 rings (SSSR count). The molecular weight excluding hydrogens is 324 g/mol. The van der Waals surface area contributed by atoms with E-state index >= 15 is 0 Å². The van der Waals surface area contributed by atoms with Gasteiger partial charge in [0.2, 0.25) is 10.0 Å². The minimum atomic E-state index is -3.38. The minimum absolute atomic E-state index is 0.322. The van der Waals surface area contributed by atoms with Gasteiger partial charge < -0.3 is 16.4 Å². The predicted molar refractivity (Wildman–Crippen MR) is 99.6 cm³/mol. The Balaban J connectivity index is 2.01. The quantitative estimate of drug-likeness (QED) is 0.373. The number of nitrogens with one attached hydrogen (secondary N) is 3. The van der Waals surface area contributed by atoms with Crippen molar-refractivity contribution in [3.8, 4) is 0 Å². The molecule has 7 heteroatoms. The Labute approximate surface area is 146 Å². The fourth-order valence-corrected chi connectivity index (χ4v) is 3.27. The Hall–Kier alpha value is -0.990. The third kappa shape index (κ3) is 9.34. The Kier molecular flexibility index (Phi) is 10.9. The largest absolute Gasteiger partial charge is 0.330 e. The molecule has 0 heterocycles. The molecule has 5 N–H and O–H groups in total. The van der Waals surface area contributed by atoms with Gasteiger partial charge in [-0.25, -0.2) is 13.1 Å². The first-order valence-corrected chi connectivity index (χ1v) is 10.2. The molecule has 0 spiro atoms. The lowest BCUT2D eigenvalue weighted by atomic mass is 10.2. The van der Waals surface area contributed by atoms with Crippen LogP contribution in [0.5, 0.6) is 0 Å². The van der Waals surface area contributed by atoms with E-state index in [2.05, 4.69) is 15.4 Å². The monoisotopic (exact) mass is 356 g/mol. The standard InChI is InChI=1S/C17H32N4O2S/c1-16-6-8-17(9-7-16)24(22,23)21-15-5-14-20-12-3-2-11-19-13-4-10-18/h6-9,19-21H,2-5,10-15,18H2,1H3. The van der Waals surface area contributed by atoms with Crippen molar-refractivity contribution in [3.05, 3.63) is 29.8 Å². The minimum Gasteiger partial charge on any atom is -0.330 e. The molecule has 0 unspecified atom stereocenters. The summed E-state index contributed by atoms with van der Waals surface area (Å²) in [5.41, 5.74) is 6.47. The molecule has 0 aromatic heterocycles. The van der Waals surface area contributed by atoms with E-state index in [1.165, 1.54) is 0 Å². The van der Waals surface area contributed by atoms with Crippen LogP contribution in [-0.4, -0.2) is 47.7 Å². The molecular formula is C17H32N4O2S. The Morgan fingerprint density at radius 2 is 1.38 bits per heavy atom. The molecule has 1 aromatic carbocycles. The van der Waals surface area contributed by atoms with Crippen molar-refractivity contribution in [2.24, 2.45) is 5.73 Å². The van der Waals surface area contributed by atoms with E-state index in [1.54, 1.807) is 24.3 Å². The van der Waals surface area contributed by atoms with Crippen LogP contribution in [0.15, 0.2) is 29.2 Å². The molecule has 0 saturated carbocycles. The summed E-state index contributed by atoms with van der Waals surface area (Å²) >= 11 is 0. The van der Waals surface area contributed by atoms with E-state index in [4.69, 9.17) is 5.73 Å². The van der Waals surface area contributed by atoms with Crippen molar-refractivity contribution in [1.82, 2.24) is 15.4 Å². The number of hydrogen-bond donors (Lipinski definition) is 4. The smallest absolute Gasteiger partial charge is 0.240 e. The van der Waals surface area contributed by atoms with Crippen molar-refractivity contribution in [2.45, 2.75) is 37.5 Å². The molecule has 0 saturated heterocycles. The van der Waals surface area contributed by atoms with Gasteiger partial charge in [-0.1, -0.05) is 17.7 Å². The maximum atomic E-state index is 12.1. The van der Waals surface area contributed by atoms with Crippen LogP contribution in [0.3, 0.4) is 0 Å². The first kappa shape index (κ1) is 21.1. The molecule has 0 fully saturated rings. The third-order valence-corrected chi connectivity index (χ3v) is 5.15. The van der Waals surface area contributed by atoms with E-state index in [-0.39, 0.29) is 0 Å². The van der Waals surface area contributed by atoms with Gasteiger partial charge in [0.05, 0.1) is 4.90 Å². The van der Waals surface area contributed by atoms with E-state index < -0.39 is 10.0 Å². The summed E-state index contributed by atoms with van der Waals surface area (Å²) in [4.78, 5) is 0.322. The zero-order valence-electron chi connectivity index (χ0n) is 14.7. The number of rotatable bonds is 14. The fourth-order valence-electron chi connectivity index (χ4n) is 2.20. The highest BCUT2D eigenvalue weighted by atomic mass is 32.2. The number of nitrogens with two attached hydrogens (primary N) is 1. The van der Waals surface area contributed by atoms with Gasteiger partial charge in [0, 0.05) is 6.54 Å². The van der Waals surface area contributed by atoms with Crippen LogP contribution in [0, 0.1) is 6.92 Å². The molecule has 6 nitrogen and oxygen atoms in total. The SMILES string of the molecule is Cc1ccc(S(=O)(=O)NCCCNCCCCNCCCN)cc1. The first-order chi connectivity index (χ1) is 11.6. The normalized spacial score (nSPS) is 11.8. The molecule has 0 aliphatic carbocycles. The highest BCUT2D eigenvalue weighted by Crippen LogP contribution is 2.09. The van der Waals surface area contributed by atoms with Crippen molar-refractivity contribution in [3.63, 3.8) is 0 Å². The number of sulfonamides is 1. The highest BCUT2D eigenvalue weighted by Gasteiger charge is 2.12. The topological polar surface area (TPSA) is 96.2 Å². The summed E-state index contributed by atoms with van der Waals surface area (Å²) in [6, 6.07) is 6.89. The van der Waals surface area contributed by atoms with Crippen LogP contribution in [0.2, 0.25) is 0 Å². The van der Waals surface area contributed by atoms with Gasteiger partial charge in [-0.3, -0.25) is 0 Å². The maximum absolute atomic E-state index is 12.1. The summed E-state index contributed by atoms with van der Waals surface area (Å²) in [6.07, 6.45) is 4.05. The fraction of sp³-hybridized carbons (Fsp3) is 0.647. The molecule has 0 amide bonds. The van der Waals surface area contributed by atoms with Crippen molar-refractivity contribution < 1.29 is 8.42 Å².